The van der Waals surface area contributed by atoms with Gasteiger partial charge in [0.05, 0.1) is 30.3 Å². The van der Waals surface area contributed by atoms with Gasteiger partial charge in [-0.05, 0) is 7.05 Å². The second kappa shape index (κ2) is 7.46. The monoisotopic (exact) mass is 299 g/mol. The van der Waals surface area contributed by atoms with Gasteiger partial charge in [0.1, 0.15) is 12.4 Å². The van der Waals surface area contributed by atoms with Crippen molar-refractivity contribution < 1.29 is 14.8 Å². The molecule has 21 heavy (non-hydrogen) atoms. The maximum absolute atomic E-state index is 10.5. The van der Waals surface area contributed by atoms with Crippen molar-refractivity contribution in [1.29, 1.82) is 0 Å². The Morgan fingerprint density at radius 1 is 1.71 bits per heavy atom. The van der Waals surface area contributed by atoms with Crippen LogP contribution in [0, 0.1) is 10.1 Å². The fourth-order valence-corrected chi connectivity index (χ4v) is 2.23. The van der Waals surface area contributed by atoms with E-state index in [-0.39, 0.29) is 18.3 Å². The van der Waals surface area contributed by atoms with Gasteiger partial charge in [0, 0.05) is 26.2 Å². The average Bonchev–Trinajstić information content (AvgIpc) is 2.87. The van der Waals surface area contributed by atoms with Gasteiger partial charge in [0.25, 0.3) is 0 Å². The zero-order valence-electron chi connectivity index (χ0n) is 12.0. The van der Waals surface area contributed by atoms with Crippen LogP contribution >= 0.6 is 0 Å². The molecule has 2 heterocycles. The number of aliphatic hydroxyl groups is 1. The van der Waals surface area contributed by atoms with Gasteiger partial charge in [-0.15, -0.1) is 0 Å². The van der Waals surface area contributed by atoms with Crippen LogP contribution in [0.4, 0.5) is 5.69 Å². The van der Waals surface area contributed by atoms with Crippen molar-refractivity contribution in [2.75, 3.05) is 39.8 Å². The molecule has 0 aliphatic carbocycles. The van der Waals surface area contributed by atoms with Gasteiger partial charge in [-0.25, -0.2) is 0 Å². The molecule has 1 aromatic heterocycles. The third kappa shape index (κ3) is 5.05. The quantitative estimate of drug-likeness (QED) is 0.495. The van der Waals surface area contributed by atoms with Crippen molar-refractivity contribution >= 4 is 5.69 Å². The van der Waals surface area contributed by atoms with Crippen molar-refractivity contribution in [3.63, 3.8) is 0 Å². The van der Waals surface area contributed by atoms with Gasteiger partial charge in [0.15, 0.2) is 0 Å². The van der Waals surface area contributed by atoms with Gasteiger partial charge >= 0.3 is 5.69 Å². The standard InChI is InChI=1S/C12H21N5O4/c1-15-2-3-21-12(9-15)6-13-5-11(18)8-16-7-10(4-14-16)17(19)20/h4,7,11-13,18H,2-3,5-6,8-9H2,1H3. The van der Waals surface area contributed by atoms with Crippen LogP contribution in [0.2, 0.25) is 0 Å². The SMILES string of the molecule is CN1CCOC(CNCC(O)Cn2cc([N+](=O)[O-])cn2)C1. The molecule has 2 rings (SSSR count). The zero-order chi connectivity index (χ0) is 15.2. The molecule has 1 fully saturated rings. The molecule has 1 aliphatic heterocycles. The Hall–Kier alpha value is -1.55. The van der Waals surface area contributed by atoms with Crippen molar-refractivity contribution in [1.82, 2.24) is 20.0 Å². The van der Waals surface area contributed by atoms with Gasteiger partial charge in [0.2, 0.25) is 0 Å². The summed E-state index contributed by atoms with van der Waals surface area (Å²) in [6, 6.07) is 0. The number of nitrogens with zero attached hydrogens (tertiary/aromatic N) is 4. The Bertz CT molecular complexity index is 466. The highest BCUT2D eigenvalue weighted by molar-refractivity contribution is 5.20. The summed E-state index contributed by atoms with van der Waals surface area (Å²) in [4.78, 5) is 12.2. The highest BCUT2D eigenvalue weighted by atomic mass is 16.6. The minimum atomic E-state index is -0.661. The Kier molecular flexibility index (Phi) is 5.62. The zero-order valence-corrected chi connectivity index (χ0v) is 12.0. The van der Waals surface area contributed by atoms with E-state index in [0.29, 0.717) is 13.1 Å². The summed E-state index contributed by atoms with van der Waals surface area (Å²) >= 11 is 0. The summed E-state index contributed by atoms with van der Waals surface area (Å²) in [7, 11) is 2.05. The first-order valence-corrected chi connectivity index (χ1v) is 6.90. The minimum absolute atomic E-state index is 0.0752. The lowest BCUT2D eigenvalue weighted by molar-refractivity contribution is -0.385. The first-order chi connectivity index (χ1) is 10.0. The van der Waals surface area contributed by atoms with Gasteiger partial charge < -0.3 is 20.1 Å². The summed E-state index contributed by atoms with van der Waals surface area (Å²) in [6.07, 6.45) is 1.95. The molecule has 2 N–H and O–H groups in total. The number of hydrogen-bond acceptors (Lipinski definition) is 7. The molecule has 0 radical (unpaired) electrons. The number of morpholine rings is 1. The van der Waals surface area contributed by atoms with E-state index < -0.39 is 11.0 Å². The molecule has 0 saturated carbocycles. The summed E-state index contributed by atoms with van der Waals surface area (Å²) < 4.78 is 6.97. The predicted octanol–water partition coefficient (Wildman–Crippen LogP) is -0.928. The van der Waals surface area contributed by atoms with Crippen LogP contribution in [0.3, 0.4) is 0 Å². The van der Waals surface area contributed by atoms with Crippen LogP contribution in [-0.4, -0.2) is 76.8 Å². The van der Waals surface area contributed by atoms with E-state index in [4.69, 9.17) is 4.74 Å². The molecular weight excluding hydrogens is 278 g/mol. The minimum Gasteiger partial charge on any atom is -0.390 e. The van der Waals surface area contributed by atoms with Crippen LogP contribution in [0.5, 0.6) is 0 Å². The lowest BCUT2D eigenvalue weighted by Crippen LogP contribution is -2.46. The highest BCUT2D eigenvalue weighted by Crippen LogP contribution is 2.08. The van der Waals surface area contributed by atoms with E-state index in [1.165, 1.54) is 17.1 Å². The molecule has 2 unspecified atom stereocenters. The smallest absolute Gasteiger partial charge is 0.306 e. The molecule has 1 saturated heterocycles. The van der Waals surface area contributed by atoms with Crippen LogP contribution in [0.15, 0.2) is 12.4 Å². The number of likely N-dealkylation sites (N-methyl/N-ethyl adjacent to an activating group) is 1. The molecule has 9 nitrogen and oxygen atoms in total. The maximum Gasteiger partial charge on any atom is 0.306 e. The number of aromatic nitrogens is 2. The first kappa shape index (κ1) is 15.8. The lowest BCUT2D eigenvalue weighted by Gasteiger charge is -2.30. The van der Waals surface area contributed by atoms with Gasteiger partial charge in [-0.2, -0.15) is 5.10 Å². The summed E-state index contributed by atoms with van der Waals surface area (Å²) in [5.41, 5.74) is -0.0752. The van der Waals surface area contributed by atoms with E-state index in [1.807, 2.05) is 0 Å². The number of hydrogen-bond donors (Lipinski definition) is 2. The Morgan fingerprint density at radius 3 is 3.19 bits per heavy atom. The second-order valence-electron chi connectivity index (χ2n) is 5.24. The van der Waals surface area contributed by atoms with Crippen molar-refractivity contribution in [3.05, 3.63) is 22.5 Å². The number of aliphatic hydroxyl groups excluding tert-OH is 1. The molecule has 0 amide bonds. The molecule has 118 valence electrons. The predicted molar refractivity (Wildman–Crippen MR) is 75.0 cm³/mol. The van der Waals surface area contributed by atoms with Crippen molar-refractivity contribution in [3.8, 4) is 0 Å². The van der Waals surface area contributed by atoms with Crippen LogP contribution < -0.4 is 5.32 Å². The summed E-state index contributed by atoms with van der Waals surface area (Å²) in [6.45, 7) is 3.80. The molecule has 2 atom stereocenters. The molecule has 1 aromatic rings. The number of nitro groups is 1. The topological polar surface area (TPSA) is 106 Å². The molecule has 0 aromatic carbocycles. The fourth-order valence-electron chi connectivity index (χ4n) is 2.23. The summed E-state index contributed by atoms with van der Waals surface area (Å²) in [5.74, 6) is 0. The average molecular weight is 299 g/mol. The van der Waals surface area contributed by atoms with E-state index in [0.717, 1.165) is 19.7 Å². The largest absolute Gasteiger partial charge is 0.390 e. The maximum atomic E-state index is 10.5. The molecule has 9 heteroatoms. The van der Waals surface area contributed by atoms with Crippen molar-refractivity contribution in [2.24, 2.45) is 0 Å². The van der Waals surface area contributed by atoms with E-state index in [9.17, 15) is 15.2 Å². The van der Waals surface area contributed by atoms with Crippen LogP contribution in [0.25, 0.3) is 0 Å². The number of rotatable bonds is 7. The Balaban J connectivity index is 1.67. The first-order valence-electron chi connectivity index (χ1n) is 6.90. The lowest BCUT2D eigenvalue weighted by atomic mass is 10.2. The molecule has 0 bridgehead atoms. The molecule has 1 aliphatic rings. The Morgan fingerprint density at radius 2 is 2.52 bits per heavy atom. The van der Waals surface area contributed by atoms with E-state index >= 15 is 0 Å². The van der Waals surface area contributed by atoms with Gasteiger partial charge in [-0.1, -0.05) is 0 Å². The van der Waals surface area contributed by atoms with Gasteiger partial charge in [-0.3, -0.25) is 14.8 Å². The third-order valence-electron chi connectivity index (χ3n) is 3.32. The van der Waals surface area contributed by atoms with Crippen LogP contribution in [-0.2, 0) is 11.3 Å². The Labute approximate surface area is 122 Å². The third-order valence-corrected chi connectivity index (χ3v) is 3.32. The molecule has 0 spiro atoms. The van der Waals surface area contributed by atoms with E-state index in [1.54, 1.807) is 0 Å². The molecular formula is C12H21N5O4. The van der Waals surface area contributed by atoms with Crippen LogP contribution in [0.1, 0.15) is 0 Å². The van der Waals surface area contributed by atoms with E-state index in [2.05, 4.69) is 22.4 Å². The fraction of sp³-hybridized carbons (Fsp3) is 0.750. The number of ether oxygens (including phenoxy) is 1. The summed E-state index contributed by atoms with van der Waals surface area (Å²) in [5, 5.41) is 27.4. The van der Waals surface area contributed by atoms with Crippen molar-refractivity contribution in [2.45, 2.75) is 18.8 Å². The second-order valence-corrected chi connectivity index (χ2v) is 5.24. The normalized spacial score (nSPS) is 21.3. The number of nitrogens with one attached hydrogen (secondary N) is 1. The highest BCUT2D eigenvalue weighted by Gasteiger charge is 2.18.